The van der Waals surface area contributed by atoms with Crippen LogP contribution < -0.4 is 0 Å². The van der Waals surface area contributed by atoms with Crippen LogP contribution in [0.25, 0.3) is 0 Å². The molecule has 1 fully saturated rings. The summed E-state index contributed by atoms with van der Waals surface area (Å²) >= 11 is 1.83. The van der Waals surface area contributed by atoms with Crippen molar-refractivity contribution in [1.82, 2.24) is 4.90 Å². The maximum absolute atomic E-state index is 13.3. The van der Waals surface area contributed by atoms with Crippen molar-refractivity contribution in [3.05, 3.63) is 29.8 Å². The van der Waals surface area contributed by atoms with E-state index in [2.05, 4.69) is 44.7 Å². The second-order valence-corrected chi connectivity index (χ2v) is 8.01. The normalized spacial score (nSPS) is 16.7. The molecule has 2 rings (SSSR count). The molecule has 1 saturated heterocycles. The number of nitrogens with zero attached hydrogens (tertiary/aromatic N) is 1. The number of rotatable bonds is 7. The van der Waals surface area contributed by atoms with Gasteiger partial charge in [0, 0.05) is 28.8 Å². The summed E-state index contributed by atoms with van der Waals surface area (Å²) in [5, 5.41) is 0.551. The van der Waals surface area contributed by atoms with Gasteiger partial charge in [-0.05, 0) is 25.0 Å². The molecule has 0 saturated carbocycles. The van der Waals surface area contributed by atoms with Gasteiger partial charge < -0.3 is 4.74 Å². The Hall–Kier alpha value is -0.840. The van der Waals surface area contributed by atoms with Gasteiger partial charge in [0.2, 0.25) is 0 Å². The SMILES string of the molecule is CCC(CC)(C(=O)c1ccc(SC(C)C)cc1)N1CCOCC1. The fourth-order valence-electron chi connectivity index (χ4n) is 3.38. The van der Waals surface area contributed by atoms with Crippen LogP contribution >= 0.6 is 11.8 Å². The van der Waals surface area contributed by atoms with E-state index >= 15 is 0 Å². The lowest BCUT2D eigenvalue weighted by Gasteiger charge is -2.43. The zero-order valence-corrected chi connectivity index (χ0v) is 15.6. The predicted octanol–water partition coefficient (Wildman–Crippen LogP) is 4.26. The van der Waals surface area contributed by atoms with E-state index in [1.54, 1.807) is 0 Å². The van der Waals surface area contributed by atoms with E-state index in [0.717, 1.165) is 44.7 Å². The zero-order valence-electron chi connectivity index (χ0n) is 14.8. The fourth-order valence-corrected chi connectivity index (χ4v) is 4.22. The Labute approximate surface area is 144 Å². The van der Waals surface area contributed by atoms with Crippen LogP contribution in [-0.2, 0) is 4.74 Å². The predicted molar refractivity (Wildman–Crippen MR) is 97.5 cm³/mol. The lowest BCUT2D eigenvalue weighted by molar-refractivity contribution is -0.0175. The number of morpholine rings is 1. The molecule has 0 N–H and O–H groups in total. The highest BCUT2D eigenvalue weighted by molar-refractivity contribution is 7.99. The topological polar surface area (TPSA) is 29.5 Å². The molecular weight excluding hydrogens is 306 g/mol. The van der Waals surface area contributed by atoms with Crippen LogP contribution in [0.3, 0.4) is 0 Å². The average molecular weight is 336 g/mol. The van der Waals surface area contributed by atoms with Crippen LogP contribution in [0.4, 0.5) is 0 Å². The minimum atomic E-state index is -0.392. The molecule has 1 aromatic rings. The zero-order chi connectivity index (χ0) is 16.9. The first kappa shape index (κ1) is 18.5. The number of hydrogen-bond donors (Lipinski definition) is 0. The summed E-state index contributed by atoms with van der Waals surface area (Å²) in [7, 11) is 0. The molecule has 0 atom stereocenters. The Morgan fingerprint density at radius 1 is 1.17 bits per heavy atom. The number of Topliss-reactive ketones (excluding diaryl/α,β-unsaturated/α-hetero) is 1. The number of hydrogen-bond acceptors (Lipinski definition) is 4. The van der Waals surface area contributed by atoms with Gasteiger partial charge in [-0.3, -0.25) is 9.69 Å². The van der Waals surface area contributed by atoms with Crippen LogP contribution in [0.5, 0.6) is 0 Å². The van der Waals surface area contributed by atoms with Gasteiger partial charge in [-0.15, -0.1) is 11.8 Å². The summed E-state index contributed by atoms with van der Waals surface area (Å²) in [6.45, 7) is 11.7. The Morgan fingerprint density at radius 3 is 2.22 bits per heavy atom. The van der Waals surface area contributed by atoms with Crippen LogP contribution in [0, 0.1) is 0 Å². The maximum Gasteiger partial charge on any atom is 0.183 e. The minimum absolute atomic E-state index is 0.255. The second kappa shape index (κ2) is 8.32. The van der Waals surface area contributed by atoms with E-state index in [4.69, 9.17) is 4.74 Å². The van der Waals surface area contributed by atoms with Crippen molar-refractivity contribution in [2.24, 2.45) is 0 Å². The van der Waals surface area contributed by atoms with E-state index in [1.165, 1.54) is 4.90 Å². The van der Waals surface area contributed by atoms with E-state index in [0.29, 0.717) is 5.25 Å². The molecule has 4 heteroatoms. The molecule has 23 heavy (non-hydrogen) atoms. The Morgan fingerprint density at radius 2 is 1.74 bits per heavy atom. The van der Waals surface area contributed by atoms with Crippen LogP contribution in [0.2, 0.25) is 0 Å². The highest BCUT2D eigenvalue weighted by Gasteiger charge is 2.41. The molecule has 0 aliphatic carbocycles. The fraction of sp³-hybridized carbons (Fsp3) is 0.632. The highest BCUT2D eigenvalue weighted by atomic mass is 32.2. The van der Waals surface area contributed by atoms with Crippen LogP contribution in [-0.4, -0.2) is 47.8 Å². The van der Waals surface area contributed by atoms with Crippen LogP contribution in [0.1, 0.15) is 50.9 Å². The maximum atomic E-state index is 13.3. The molecule has 0 bridgehead atoms. The van der Waals surface area contributed by atoms with E-state index in [1.807, 2.05) is 23.9 Å². The van der Waals surface area contributed by atoms with Gasteiger partial charge in [-0.1, -0.05) is 39.8 Å². The van der Waals surface area contributed by atoms with Gasteiger partial charge in [0.1, 0.15) is 0 Å². The number of benzene rings is 1. The quantitative estimate of drug-likeness (QED) is 0.550. The molecule has 3 nitrogen and oxygen atoms in total. The summed E-state index contributed by atoms with van der Waals surface area (Å²) in [6, 6.07) is 8.14. The lowest BCUT2D eigenvalue weighted by atomic mass is 9.82. The number of ether oxygens (including phenoxy) is 1. The van der Waals surface area contributed by atoms with E-state index < -0.39 is 5.54 Å². The van der Waals surface area contributed by atoms with Crippen molar-refractivity contribution >= 4 is 17.5 Å². The number of carbonyl (C=O) groups excluding carboxylic acids is 1. The summed E-state index contributed by atoms with van der Waals surface area (Å²) < 4.78 is 5.47. The van der Waals surface area contributed by atoms with Gasteiger partial charge in [-0.25, -0.2) is 0 Å². The molecule has 0 aromatic heterocycles. The summed E-state index contributed by atoms with van der Waals surface area (Å²) in [5.41, 5.74) is 0.435. The van der Waals surface area contributed by atoms with Gasteiger partial charge in [0.25, 0.3) is 0 Å². The Kier molecular flexibility index (Phi) is 6.69. The first-order valence-electron chi connectivity index (χ1n) is 8.67. The average Bonchev–Trinajstić information content (AvgIpc) is 2.57. The van der Waals surface area contributed by atoms with Crippen molar-refractivity contribution in [3.63, 3.8) is 0 Å². The monoisotopic (exact) mass is 335 g/mol. The molecule has 0 amide bonds. The largest absolute Gasteiger partial charge is 0.379 e. The van der Waals surface area contributed by atoms with Crippen LogP contribution in [0.15, 0.2) is 29.2 Å². The standard InChI is InChI=1S/C19H29NO2S/c1-5-19(6-2,20-11-13-22-14-12-20)18(21)16-7-9-17(10-8-16)23-15(3)4/h7-10,15H,5-6,11-14H2,1-4H3. The molecule has 1 heterocycles. The lowest BCUT2D eigenvalue weighted by Crippen LogP contribution is -2.57. The van der Waals surface area contributed by atoms with Crippen molar-refractivity contribution < 1.29 is 9.53 Å². The minimum Gasteiger partial charge on any atom is -0.379 e. The number of carbonyl (C=O) groups is 1. The second-order valence-electron chi connectivity index (χ2n) is 6.36. The third kappa shape index (κ3) is 4.17. The summed E-state index contributed by atoms with van der Waals surface area (Å²) in [5.74, 6) is 0.255. The molecule has 0 radical (unpaired) electrons. The first-order chi connectivity index (χ1) is 11.0. The molecular formula is C19H29NO2S. The summed E-state index contributed by atoms with van der Waals surface area (Å²) in [6.07, 6.45) is 1.68. The van der Waals surface area contributed by atoms with Gasteiger partial charge in [0.05, 0.1) is 18.8 Å². The van der Waals surface area contributed by atoms with Crippen molar-refractivity contribution in [3.8, 4) is 0 Å². The van der Waals surface area contributed by atoms with Crippen molar-refractivity contribution in [2.45, 2.75) is 56.2 Å². The molecule has 1 aromatic carbocycles. The summed E-state index contributed by atoms with van der Waals surface area (Å²) in [4.78, 5) is 16.8. The highest BCUT2D eigenvalue weighted by Crippen LogP contribution is 2.31. The third-order valence-electron chi connectivity index (χ3n) is 4.70. The van der Waals surface area contributed by atoms with E-state index in [-0.39, 0.29) is 5.78 Å². The van der Waals surface area contributed by atoms with Gasteiger partial charge in [0.15, 0.2) is 5.78 Å². The smallest absolute Gasteiger partial charge is 0.183 e. The number of thioether (sulfide) groups is 1. The van der Waals surface area contributed by atoms with E-state index in [9.17, 15) is 4.79 Å². The van der Waals surface area contributed by atoms with Gasteiger partial charge in [-0.2, -0.15) is 0 Å². The number of ketones is 1. The third-order valence-corrected chi connectivity index (χ3v) is 5.71. The molecule has 1 aliphatic rings. The van der Waals surface area contributed by atoms with Crippen molar-refractivity contribution in [2.75, 3.05) is 26.3 Å². The Balaban J connectivity index is 2.23. The van der Waals surface area contributed by atoms with Crippen molar-refractivity contribution in [1.29, 1.82) is 0 Å². The first-order valence-corrected chi connectivity index (χ1v) is 9.55. The molecule has 0 spiro atoms. The Bertz CT molecular complexity index is 503. The molecule has 0 unspecified atom stereocenters. The molecule has 1 aliphatic heterocycles. The van der Waals surface area contributed by atoms with Gasteiger partial charge >= 0.3 is 0 Å². The molecule has 128 valence electrons.